The van der Waals surface area contributed by atoms with Crippen LogP contribution in [-0.2, 0) is 5.67 Å². The normalized spacial score (nSPS) is 12.2. The first-order chi connectivity index (χ1) is 20.4. The fraction of sp³-hybridized carbons (Fsp3) is 0.310. The van der Waals surface area contributed by atoms with Crippen molar-refractivity contribution in [3.63, 3.8) is 0 Å². The van der Waals surface area contributed by atoms with Crippen molar-refractivity contribution in [1.29, 1.82) is 0 Å². The van der Waals surface area contributed by atoms with E-state index in [1.807, 2.05) is 0 Å². The van der Waals surface area contributed by atoms with E-state index in [4.69, 9.17) is 4.74 Å². The molecule has 0 atom stereocenters. The number of para-hydroxylation sites is 1. The van der Waals surface area contributed by atoms with Crippen LogP contribution >= 0.6 is 0 Å². The Hall–Kier alpha value is -4.43. The Morgan fingerprint density at radius 1 is 0.864 bits per heavy atom. The second-order valence-electron chi connectivity index (χ2n) is 9.38. The van der Waals surface area contributed by atoms with Crippen molar-refractivity contribution in [2.75, 3.05) is 23.9 Å². The number of carbonyl (C=O) groups is 2. The zero-order chi connectivity index (χ0) is 33.2. The summed E-state index contributed by atoms with van der Waals surface area (Å²) in [5.74, 6) is -3.11. The summed E-state index contributed by atoms with van der Waals surface area (Å²) < 4.78 is 131. The number of halogens is 9. The van der Waals surface area contributed by atoms with Crippen molar-refractivity contribution in [2.45, 2.75) is 45.4 Å². The minimum atomic E-state index is -6.53. The summed E-state index contributed by atoms with van der Waals surface area (Å²) in [6, 6.07) is 10.6. The van der Waals surface area contributed by atoms with Gasteiger partial charge in [0.1, 0.15) is 5.75 Å². The number of ether oxygens (including phenoxy) is 2. The van der Waals surface area contributed by atoms with Gasteiger partial charge in [0.05, 0.1) is 24.0 Å². The molecule has 0 unspecified atom stereocenters. The lowest BCUT2D eigenvalue weighted by Crippen LogP contribution is -2.50. The Kier molecular flexibility index (Phi) is 9.80. The van der Waals surface area contributed by atoms with E-state index in [1.165, 1.54) is 30.2 Å². The van der Waals surface area contributed by atoms with Crippen LogP contribution in [0, 0.1) is 13.8 Å². The maximum atomic E-state index is 14.7. The highest BCUT2D eigenvalue weighted by Crippen LogP contribution is 2.54. The van der Waals surface area contributed by atoms with Gasteiger partial charge in [-0.1, -0.05) is 24.3 Å². The van der Waals surface area contributed by atoms with Crippen LogP contribution in [0.1, 0.15) is 44.3 Å². The van der Waals surface area contributed by atoms with Gasteiger partial charge in [-0.25, -0.2) is 4.39 Å². The topological polar surface area (TPSA) is 67.9 Å². The molecule has 3 rings (SSSR count). The molecule has 0 fully saturated rings. The third kappa shape index (κ3) is 6.40. The molecule has 0 heterocycles. The van der Waals surface area contributed by atoms with Crippen molar-refractivity contribution < 1.29 is 58.6 Å². The number of amides is 2. The fourth-order valence-corrected chi connectivity index (χ4v) is 4.48. The molecule has 0 saturated carbocycles. The standard InChI is InChI=1S/C29H25F9N2O4/c1-5-40(25(42)18-10-7-6-9-15(18)2)20-12-8-11-19(23(20)43-4)24(41)39-22-16(3)13-17(14-21(22)44-26(30)31)27(32,28(33,34)35)29(36,37)38/h6-14,26H,5H2,1-4H3,(H,39,41). The molecular weight excluding hydrogens is 611 g/mol. The average Bonchev–Trinajstić information content (AvgIpc) is 2.93. The highest BCUT2D eigenvalue weighted by Gasteiger charge is 2.73. The quantitative estimate of drug-likeness (QED) is 0.241. The van der Waals surface area contributed by atoms with E-state index in [-0.39, 0.29) is 35.7 Å². The number of nitrogens with zero attached hydrogens (tertiary/aromatic N) is 1. The predicted octanol–water partition coefficient (Wildman–Crippen LogP) is 8.12. The zero-order valence-electron chi connectivity index (χ0n) is 23.5. The second-order valence-corrected chi connectivity index (χ2v) is 9.38. The van der Waals surface area contributed by atoms with Gasteiger partial charge in [0, 0.05) is 17.7 Å². The molecule has 3 aromatic rings. The molecule has 2 amide bonds. The lowest BCUT2D eigenvalue weighted by molar-refractivity contribution is -0.348. The van der Waals surface area contributed by atoms with E-state index in [1.54, 1.807) is 38.1 Å². The van der Waals surface area contributed by atoms with Crippen molar-refractivity contribution in [3.8, 4) is 11.5 Å². The van der Waals surface area contributed by atoms with Crippen molar-refractivity contribution >= 4 is 23.2 Å². The first kappa shape index (κ1) is 34.1. The number of hydrogen-bond donors (Lipinski definition) is 1. The van der Waals surface area contributed by atoms with Gasteiger partial charge in [0.15, 0.2) is 5.75 Å². The van der Waals surface area contributed by atoms with Gasteiger partial charge in [-0.05, 0) is 62.2 Å². The van der Waals surface area contributed by atoms with E-state index in [9.17, 15) is 49.1 Å². The van der Waals surface area contributed by atoms with Gasteiger partial charge in [-0.3, -0.25) is 9.59 Å². The molecule has 44 heavy (non-hydrogen) atoms. The summed E-state index contributed by atoms with van der Waals surface area (Å²) in [6.45, 7) is 0.539. The SMILES string of the molecule is CCN(C(=O)c1ccccc1C)c1cccc(C(=O)Nc2c(C)cc(C(F)(C(F)(F)F)C(F)(F)F)cc2OC(F)F)c1OC. The van der Waals surface area contributed by atoms with Crippen LogP contribution in [0.3, 0.4) is 0 Å². The summed E-state index contributed by atoms with van der Waals surface area (Å²) in [5, 5.41) is 2.12. The fourth-order valence-electron chi connectivity index (χ4n) is 4.48. The van der Waals surface area contributed by atoms with E-state index in [2.05, 4.69) is 10.1 Å². The molecule has 6 nitrogen and oxygen atoms in total. The molecule has 0 aliphatic carbocycles. The second kappa shape index (κ2) is 12.7. The first-order valence-corrected chi connectivity index (χ1v) is 12.7. The van der Waals surface area contributed by atoms with E-state index in [0.717, 1.165) is 6.92 Å². The Morgan fingerprint density at radius 3 is 1.98 bits per heavy atom. The van der Waals surface area contributed by atoms with Crippen LogP contribution in [0.15, 0.2) is 54.6 Å². The van der Waals surface area contributed by atoms with Crippen LogP contribution in [0.5, 0.6) is 11.5 Å². The van der Waals surface area contributed by atoms with Crippen LogP contribution in [-0.4, -0.2) is 44.4 Å². The van der Waals surface area contributed by atoms with Gasteiger partial charge in [0.25, 0.3) is 11.8 Å². The van der Waals surface area contributed by atoms with Gasteiger partial charge in [-0.2, -0.15) is 35.1 Å². The molecule has 0 aliphatic rings. The number of rotatable bonds is 9. The summed E-state index contributed by atoms with van der Waals surface area (Å²) >= 11 is 0. The van der Waals surface area contributed by atoms with Crippen LogP contribution in [0.25, 0.3) is 0 Å². The zero-order valence-corrected chi connectivity index (χ0v) is 23.5. The van der Waals surface area contributed by atoms with Gasteiger partial charge < -0.3 is 19.7 Å². The minimum Gasteiger partial charge on any atom is -0.494 e. The maximum Gasteiger partial charge on any atom is 0.435 e. The number of benzene rings is 3. The molecule has 0 saturated heterocycles. The van der Waals surface area contributed by atoms with Crippen LogP contribution < -0.4 is 19.7 Å². The molecule has 0 spiro atoms. The summed E-state index contributed by atoms with van der Waals surface area (Å²) in [7, 11) is 1.17. The lowest BCUT2D eigenvalue weighted by atomic mass is 9.92. The molecule has 0 bridgehead atoms. The average molecular weight is 637 g/mol. The molecule has 3 aromatic carbocycles. The third-order valence-corrected chi connectivity index (χ3v) is 6.60. The maximum absolute atomic E-state index is 14.7. The molecule has 0 radical (unpaired) electrons. The summed E-state index contributed by atoms with van der Waals surface area (Å²) in [6.07, 6.45) is -13.1. The van der Waals surface area contributed by atoms with Crippen LogP contribution in [0.4, 0.5) is 50.9 Å². The van der Waals surface area contributed by atoms with Crippen molar-refractivity contribution in [3.05, 3.63) is 82.4 Å². The largest absolute Gasteiger partial charge is 0.494 e. The minimum absolute atomic E-state index is 0.102. The Morgan fingerprint density at radius 2 is 1.45 bits per heavy atom. The highest BCUT2D eigenvalue weighted by atomic mass is 19.4. The monoisotopic (exact) mass is 636 g/mol. The number of anilines is 2. The molecule has 0 aromatic heterocycles. The van der Waals surface area contributed by atoms with Gasteiger partial charge in [0.2, 0.25) is 0 Å². The highest BCUT2D eigenvalue weighted by molar-refractivity contribution is 6.11. The number of hydrogen-bond acceptors (Lipinski definition) is 4. The number of methoxy groups -OCH3 is 1. The first-order valence-electron chi connectivity index (χ1n) is 12.7. The van der Waals surface area contributed by atoms with Crippen molar-refractivity contribution in [2.24, 2.45) is 0 Å². The number of carbonyl (C=O) groups excluding carboxylic acids is 2. The number of nitrogens with one attached hydrogen (secondary N) is 1. The summed E-state index contributed by atoms with van der Waals surface area (Å²) in [5.41, 5.74) is -8.64. The van der Waals surface area contributed by atoms with Gasteiger partial charge in [-0.15, -0.1) is 0 Å². The van der Waals surface area contributed by atoms with Crippen LogP contribution in [0.2, 0.25) is 0 Å². The molecule has 15 heteroatoms. The summed E-state index contributed by atoms with van der Waals surface area (Å²) in [4.78, 5) is 28.0. The smallest absolute Gasteiger partial charge is 0.435 e. The Labute approximate surface area is 245 Å². The number of alkyl halides is 9. The van der Waals surface area contributed by atoms with E-state index in [0.29, 0.717) is 11.1 Å². The molecule has 1 N–H and O–H groups in total. The Balaban J connectivity index is 2.12. The Bertz CT molecular complexity index is 1520. The van der Waals surface area contributed by atoms with Gasteiger partial charge >= 0.3 is 24.6 Å². The third-order valence-electron chi connectivity index (χ3n) is 6.60. The van der Waals surface area contributed by atoms with Crippen molar-refractivity contribution in [1.82, 2.24) is 0 Å². The van der Waals surface area contributed by atoms with E-state index < -0.39 is 59.0 Å². The predicted molar refractivity (Wildman–Crippen MR) is 142 cm³/mol. The molecule has 238 valence electrons. The molecule has 0 aliphatic heterocycles. The van der Waals surface area contributed by atoms with E-state index >= 15 is 0 Å². The lowest BCUT2D eigenvalue weighted by Gasteiger charge is -2.31. The number of aryl methyl sites for hydroxylation is 2. The molecular formula is C29H25F9N2O4.